The molecule has 0 radical (unpaired) electrons. The molecule has 0 aliphatic rings. The molecule has 0 fully saturated rings. The van der Waals surface area contributed by atoms with E-state index in [0.717, 1.165) is 5.69 Å². The Labute approximate surface area is 137 Å². The first-order valence-electron chi connectivity index (χ1n) is 7.32. The van der Waals surface area contributed by atoms with Gasteiger partial charge in [0.1, 0.15) is 5.82 Å². The van der Waals surface area contributed by atoms with E-state index in [9.17, 15) is 14.3 Å². The fourth-order valence-corrected chi connectivity index (χ4v) is 2.29. The molecule has 1 heterocycles. The SMILES string of the molecule is O=C(CC(O)c1cccc(F)c1)Nc1cccc(-n2ccnn2)c1. The van der Waals surface area contributed by atoms with Gasteiger partial charge in [-0.15, -0.1) is 5.10 Å². The fraction of sp³-hybridized carbons (Fsp3) is 0.118. The zero-order chi connectivity index (χ0) is 16.9. The lowest BCUT2D eigenvalue weighted by Gasteiger charge is -2.12. The molecule has 0 bridgehead atoms. The second-order valence-electron chi connectivity index (χ2n) is 5.22. The van der Waals surface area contributed by atoms with Crippen LogP contribution >= 0.6 is 0 Å². The number of aliphatic hydroxyl groups is 1. The summed E-state index contributed by atoms with van der Waals surface area (Å²) in [5.74, 6) is -0.824. The Morgan fingerprint density at radius 3 is 2.83 bits per heavy atom. The highest BCUT2D eigenvalue weighted by atomic mass is 19.1. The average Bonchev–Trinajstić information content (AvgIpc) is 3.09. The summed E-state index contributed by atoms with van der Waals surface area (Å²) in [7, 11) is 0. The van der Waals surface area contributed by atoms with E-state index >= 15 is 0 Å². The molecule has 1 atom stereocenters. The molecule has 2 N–H and O–H groups in total. The van der Waals surface area contributed by atoms with Crippen molar-refractivity contribution in [3.05, 3.63) is 72.3 Å². The number of amides is 1. The summed E-state index contributed by atoms with van der Waals surface area (Å²) in [6.07, 6.45) is 2.01. The van der Waals surface area contributed by atoms with Gasteiger partial charge in [-0.25, -0.2) is 9.07 Å². The van der Waals surface area contributed by atoms with E-state index in [1.54, 1.807) is 41.3 Å². The number of aliphatic hydroxyl groups excluding tert-OH is 1. The van der Waals surface area contributed by atoms with Crippen LogP contribution in [0.25, 0.3) is 5.69 Å². The van der Waals surface area contributed by atoms with Crippen molar-refractivity contribution in [3.8, 4) is 5.69 Å². The lowest BCUT2D eigenvalue weighted by atomic mass is 10.1. The number of benzene rings is 2. The van der Waals surface area contributed by atoms with Crippen molar-refractivity contribution in [2.75, 3.05) is 5.32 Å². The van der Waals surface area contributed by atoms with Crippen LogP contribution in [0.2, 0.25) is 0 Å². The minimum absolute atomic E-state index is 0.170. The smallest absolute Gasteiger partial charge is 0.227 e. The van der Waals surface area contributed by atoms with Gasteiger partial charge in [0.2, 0.25) is 5.91 Å². The zero-order valence-electron chi connectivity index (χ0n) is 12.6. The third-order valence-electron chi connectivity index (χ3n) is 3.43. The number of anilines is 1. The van der Waals surface area contributed by atoms with Crippen LogP contribution in [0.5, 0.6) is 0 Å². The molecule has 0 saturated carbocycles. The van der Waals surface area contributed by atoms with Crippen molar-refractivity contribution in [1.29, 1.82) is 0 Å². The topological polar surface area (TPSA) is 80.0 Å². The number of hydrogen-bond acceptors (Lipinski definition) is 4. The first-order valence-corrected chi connectivity index (χ1v) is 7.32. The summed E-state index contributed by atoms with van der Waals surface area (Å²) >= 11 is 0. The van der Waals surface area contributed by atoms with E-state index in [0.29, 0.717) is 11.3 Å². The van der Waals surface area contributed by atoms with Crippen LogP contribution in [-0.2, 0) is 4.79 Å². The summed E-state index contributed by atoms with van der Waals surface area (Å²) in [5, 5.41) is 20.4. The van der Waals surface area contributed by atoms with Crippen LogP contribution < -0.4 is 5.32 Å². The van der Waals surface area contributed by atoms with E-state index in [-0.39, 0.29) is 12.3 Å². The molecule has 0 saturated heterocycles. The Kier molecular flexibility index (Phi) is 4.62. The van der Waals surface area contributed by atoms with Crippen molar-refractivity contribution in [2.24, 2.45) is 0 Å². The maximum absolute atomic E-state index is 13.2. The van der Waals surface area contributed by atoms with Gasteiger partial charge in [0, 0.05) is 5.69 Å². The van der Waals surface area contributed by atoms with Crippen LogP contribution in [0, 0.1) is 5.82 Å². The van der Waals surface area contributed by atoms with Crippen molar-refractivity contribution >= 4 is 11.6 Å². The molecule has 0 aliphatic heterocycles. The highest BCUT2D eigenvalue weighted by molar-refractivity contribution is 5.91. The monoisotopic (exact) mass is 326 g/mol. The van der Waals surface area contributed by atoms with Gasteiger partial charge in [-0.3, -0.25) is 4.79 Å². The molecular weight excluding hydrogens is 311 g/mol. The predicted octanol–water partition coefficient (Wildman–Crippen LogP) is 2.47. The second kappa shape index (κ2) is 7.01. The summed E-state index contributed by atoms with van der Waals surface area (Å²) in [4.78, 5) is 12.1. The summed E-state index contributed by atoms with van der Waals surface area (Å²) in [6.45, 7) is 0. The minimum Gasteiger partial charge on any atom is -0.388 e. The van der Waals surface area contributed by atoms with Crippen molar-refractivity contribution in [3.63, 3.8) is 0 Å². The van der Waals surface area contributed by atoms with E-state index in [1.165, 1.54) is 18.2 Å². The maximum atomic E-state index is 13.2. The van der Waals surface area contributed by atoms with Gasteiger partial charge in [-0.05, 0) is 35.9 Å². The summed E-state index contributed by atoms with van der Waals surface area (Å²) < 4.78 is 14.7. The van der Waals surface area contributed by atoms with Gasteiger partial charge >= 0.3 is 0 Å². The van der Waals surface area contributed by atoms with Crippen LogP contribution in [0.1, 0.15) is 18.1 Å². The Bertz CT molecular complexity index is 836. The highest BCUT2D eigenvalue weighted by Gasteiger charge is 2.14. The molecule has 24 heavy (non-hydrogen) atoms. The third kappa shape index (κ3) is 3.82. The van der Waals surface area contributed by atoms with Gasteiger partial charge in [-0.2, -0.15) is 0 Å². The van der Waals surface area contributed by atoms with Crippen LogP contribution in [0.15, 0.2) is 60.9 Å². The Hall–Kier alpha value is -3.06. The molecule has 1 amide bonds. The quantitative estimate of drug-likeness (QED) is 0.755. The van der Waals surface area contributed by atoms with Crippen molar-refractivity contribution < 1.29 is 14.3 Å². The highest BCUT2D eigenvalue weighted by Crippen LogP contribution is 2.19. The number of rotatable bonds is 5. The van der Waals surface area contributed by atoms with E-state index in [2.05, 4.69) is 15.6 Å². The normalized spacial score (nSPS) is 11.9. The molecule has 7 heteroatoms. The van der Waals surface area contributed by atoms with Gasteiger partial charge in [-0.1, -0.05) is 23.4 Å². The first-order chi connectivity index (χ1) is 11.6. The average molecular weight is 326 g/mol. The number of carbonyl (C=O) groups is 1. The molecule has 1 unspecified atom stereocenters. The lowest BCUT2D eigenvalue weighted by molar-refractivity contribution is -0.118. The number of hydrogen-bond donors (Lipinski definition) is 2. The minimum atomic E-state index is -1.07. The molecule has 122 valence electrons. The predicted molar refractivity (Wildman–Crippen MR) is 86.0 cm³/mol. The Balaban J connectivity index is 1.66. The Morgan fingerprint density at radius 2 is 2.08 bits per heavy atom. The molecule has 3 rings (SSSR count). The van der Waals surface area contributed by atoms with Gasteiger partial charge in [0.05, 0.1) is 30.6 Å². The van der Waals surface area contributed by atoms with E-state index in [1.807, 2.05) is 6.07 Å². The van der Waals surface area contributed by atoms with E-state index < -0.39 is 11.9 Å². The first kappa shape index (κ1) is 15.8. The summed E-state index contributed by atoms with van der Waals surface area (Å²) in [5.41, 5.74) is 1.68. The van der Waals surface area contributed by atoms with E-state index in [4.69, 9.17) is 0 Å². The molecule has 3 aromatic rings. The number of carbonyl (C=O) groups excluding carboxylic acids is 1. The third-order valence-corrected chi connectivity index (χ3v) is 3.43. The number of halogens is 1. The lowest BCUT2D eigenvalue weighted by Crippen LogP contribution is -2.15. The van der Waals surface area contributed by atoms with Crippen molar-refractivity contribution in [1.82, 2.24) is 15.0 Å². The van der Waals surface area contributed by atoms with Gasteiger partial charge < -0.3 is 10.4 Å². The molecule has 1 aromatic heterocycles. The second-order valence-corrected chi connectivity index (χ2v) is 5.22. The standard InChI is InChI=1S/C17H15FN4O2/c18-13-4-1-3-12(9-13)16(23)11-17(24)20-14-5-2-6-15(10-14)22-8-7-19-21-22/h1-10,16,23H,11H2,(H,20,24). The number of nitrogens with one attached hydrogen (secondary N) is 1. The molecule has 2 aromatic carbocycles. The van der Waals surface area contributed by atoms with Crippen LogP contribution in [0.4, 0.5) is 10.1 Å². The molecule has 0 spiro atoms. The van der Waals surface area contributed by atoms with Gasteiger partial charge in [0.15, 0.2) is 0 Å². The molecule has 6 nitrogen and oxygen atoms in total. The van der Waals surface area contributed by atoms with Gasteiger partial charge in [0.25, 0.3) is 0 Å². The molecular formula is C17H15FN4O2. The molecule has 0 aliphatic carbocycles. The summed E-state index contributed by atoms with van der Waals surface area (Å²) in [6, 6.07) is 12.6. The number of aromatic nitrogens is 3. The maximum Gasteiger partial charge on any atom is 0.227 e. The van der Waals surface area contributed by atoms with Crippen molar-refractivity contribution in [2.45, 2.75) is 12.5 Å². The fourth-order valence-electron chi connectivity index (χ4n) is 2.29. The largest absolute Gasteiger partial charge is 0.388 e. The number of nitrogens with zero attached hydrogens (tertiary/aromatic N) is 3. The zero-order valence-corrected chi connectivity index (χ0v) is 12.6. The Morgan fingerprint density at radius 1 is 1.25 bits per heavy atom. The van der Waals surface area contributed by atoms with Crippen LogP contribution in [-0.4, -0.2) is 26.0 Å². The van der Waals surface area contributed by atoms with Crippen LogP contribution in [0.3, 0.4) is 0 Å².